The van der Waals surface area contributed by atoms with Gasteiger partial charge in [0.15, 0.2) is 0 Å². The summed E-state index contributed by atoms with van der Waals surface area (Å²) in [6.07, 6.45) is 2.12. The number of rotatable bonds is 4. The van der Waals surface area contributed by atoms with E-state index in [1.54, 1.807) is 0 Å². The molecule has 112 valence electrons. The third-order valence-corrected chi connectivity index (χ3v) is 3.61. The van der Waals surface area contributed by atoms with Gasteiger partial charge in [0.25, 0.3) is 0 Å². The van der Waals surface area contributed by atoms with E-state index in [2.05, 4.69) is 34.4 Å². The van der Waals surface area contributed by atoms with Gasteiger partial charge in [-0.1, -0.05) is 6.58 Å². The first-order valence-electron chi connectivity index (χ1n) is 7.24. The van der Waals surface area contributed by atoms with Crippen molar-refractivity contribution in [3.05, 3.63) is 24.2 Å². The Kier molecular flexibility index (Phi) is 5.61. The predicted molar refractivity (Wildman–Crippen MR) is 80.8 cm³/mol. The molecule has 0 atom stereocenters. The number of allylic oxidation sites excluding steroid dienone is 2. The molecule has 2 saturated heterocycles. The maximum atomic E-state index is 5.37. The molecule has 0 unspecified atom stereocenters. The molecule has 0 aromatic heterocycles. The molecule has 5 heteroatoms. The molecule has 2 aliphatic heterocycles. The summed E-state index contributed by atoms with van der Waals surface area (Å²) in [5.41, 5.74) is 2.23. The van der Waals surface area contributed by atoms with E-state index in [1.165, 1.54) is 5.70 Å². The molecule has 0 spiro atoms. The second-order valence-corrected chi connectivity index (χ2v) is 5.15. The van der Waals surface area contributed by atoms with Crippen molar-refractivity contribution >= 4 is 5.71 Å². The van der Waals surface area contributed by atoms with Gasteiger partial charge in [-0.3, -0.25) is 0 Å². The normalized spacial score (nSPS) is 22.1. The van der Waals surface area contributed by atoms with Crippen molar-refractivity contribution in [2.75, 3.05) is 52.6 Å². The van der Waals surface area contributed by atoms with Crippen LogP contribution in [0.15, 0.2) is 29.2 Å². The summed E-state index contributed by atoms with van der Waals surface area (Å²) in [5, 5.41) is 0. The zero-order valence-electron chi connectivity index (χ0n) is 12.6. The fourth-order valence-electron chi connectivity index (χ4n) is 2.44. The number of aliphatic imine (C=N–C) groups is 1. The topological polar surface area (TPSA) is 37.3 Å². The Morgan fingerprint density at radius 3 is 2.00 bits per heavy atom. The van der Waals surface area contributed by atoms with E-state index < -0.39 is 0 Å². The summed E-state index contributed by atoms with van der Waals surface area (Å²) in [6, 6.07) is 0. The Balaban J connectivity index is 1.92. The second-order valence-electron chi connectivity index (χ2n) is 5.15. The van der Waals surface area contributed by atoms with Gasteiger partial charge in [-0.25, -0.2) is 4.99 Å². The fraction of sp³-hybridized carbons (Fsp3) is 0.667. The molecule has 0 amide bonds. The van der Waals surface area contributed by atoms with Gasteiger partial charge in [-0.05, 0) is 19.9 Å². The van der Waals surface area contributed by atoms with Gasteiger partial charge in [-0.15, -0.1) is 0 Å². The van der Waals surface area contributed by atoms with Gasteiger partial charge in [0.05, 0.1) is 26.4 Å². The van der Waals surface area contributed by atoms with Gasteiger partial charge in [0, 0.05) is 37.6 Å². The average Bonchev–Trinajstić information content (AvgIpc) is 2.49. The lowest BCUT2D eigenvalue weighted by Gasteiger charge is -2.30. The standard InChI is InChI=1S/C15H25N3O2/c1-13(12-14(2)17-4-8-19-9-5-17)16-15(3)18-6-10-20-11-7-18/h12H,3-11H2,1-2H3/b14-12+,16-13?. The first-order chi connectivity index (χ1) is 9.66. The molecule has 5 nitrogen and oxygen atoms in total. The largest absolute Gasteiger partial charge is 0.378 e. The highest BCUT2D eigenvalue weighted by Gasteiger charge is 2.12. The lowest BCUT2D eigenvalue weighted by molar-refractivity contribution is 0.0533. The smallest absolute Gasteiger partial charge is 0.121 e. The minimum atomic E-state index is 0.760. The summed E-state index contributed by atoms with van der Waals surface area (Å²) in [5.74, 6) is 0.830. The lowest BCUT2D eigenvalue weighted by Crippen LogP contribution is -2.35. The predicted octanol–water partition coefficient (Wildman–Crippen LogP) is 1.49. The van der Waals surface area contributed by atoms with Gasteiger partial charge in [0.2, 0.25) is 0 Å². The zero-order chi connectivity index (χ0) is 14.4. The quantitative estimate of drug-likeness (QED) is 0.731. The van der Waals surface area contributed by atoms with Gasteiger partial charge >= 0.3 is 0 Å². The molecule has 0 aromatic carbocycles. The number of ether oxygens (including phenoxy) is 2. The van der Waals surface area contributed by atoms with Crippen LogP contribution >= 0.6 is 0 Å². The lowest BCUT2D eigenvalue weighted by atomic mass is 10.3. The monoisotopic (exact) mass is 279 g/mol. The molecule has 0 radical (unpaired) electrons. The summed E-state index contributed by atoms with van der Waals surface area (Å²) < 4.78 is 10.7. The Morgan fingerprint density at radius 2 is 1.45 bits per heavy atom. The van der Waals surface area contributed by atoms with Crippen LogP contribution in [0.4, 0.5) is 0 Å². The van der Waals surface area contributed by atoms with E-state index >= 15 is 0 Å². The molecule has 0 bridgehead atoms. The highest BCUT2D eigenvalue weighted by Crippen LogP contribution is 2.10. The molecule has 2 aliphatic rings. The Labute approximate surface area is 121 Å². The fourth-order valence-corrected chi connectivity index (χ4v) is 2.44. The van der Waals surface area contributed by atoms with Crippen LogP contribution in [0.5, 0.6) is 0 Å². The highest BCUT2D eigenvalue weighted by atomic mass is 16.5. The van der Waals surface area contributed by atoms with E-state index in [4.69, 9.17) is 9.47 Å². The Morgan fingerprint density at radius 1 is 0.950 bits per heavy atom. The molecule has 20 heavy (non-hydrogen) atoms. The van der Waals surface area contributed by atoms with Crippen molar-refractivity contribution in [3.8, 4) is 0 Å². The van der Waals surface area contributed by atoms with Crippen molar-refractivity contribution in [2.45, 2.75) is 13.8 Å². The van der Waals surface area contributed by atoms with Crippen molar-refractivity contribution in [1.82, 2.24) is 9.80 Å². The average molecular weight is 279 g/mol. The van der Waals surface area contributed by atoms with Crippen LogP contribution in [-0.2, 0) is 9.47 Å². The van der Waals surface area contributed by atoms with Crippen molar-refractivity contribution in [1.29, 1.82) is 0 Å². The van der Waals surface area contributed by atoms with E-state index in [9.17, 15) is 0 Å². The summed E-state index contributed by atoms with van der Waals surface area (Å²) in [6.45, 7) is 15.0. The van der Waals surface area contributed by atoms with Crippen molar-refractivity contribution in [3.63, 3.8) is 0 Å². The SMILES string of the molecule is C=C(N=C(C)/C=C(\C)N1CCOCC1)N1CCOCC1. The molecule has 0 aliphatic carbocycles. The van der Waals surface area contributed by atoms with E-state index in [1.807, 2.05) is 6.92 Å². The maximum Gasteiger partial charge on any atom is 0.121 e. The first-order valence-corrected chi connectivity index (χ1v) is 7.24. The van der Waals surface area contributed by atoms with E-state index in [0.29, 0.717) is 0 Å². The summed E-state index contributed by atoms with van der Waals surface area (Å²) in [4.78, 5) is 9.10. The molecule has 2 fully saturated rings. The third kappa shape index (κ3) is 4.35. The minimum absolute atomic E-state index is 0.760. The first kappa shape index (κ1) is 15.1. The van der Waals surface area contributed by atoms with Crippen LogP contribution in [0, 0.1) is 0 Å². The second kappa shape index (κ2) is 7.45. The van der Waals surface area contributed by atoms with E-state index in [0.717, 1.165) is 64.1 Å². The van der Waals surface area contributed by atoms with Gasteiger partial charge < -0.3 is 19.3 Å². The van der Waals surface area contributed by atoms with E-state index in [-0.39, 0.29) is 0 Å². The summed E-state index contributed by atoms with van der Waals surface area (Å²) in [7, 11) is 0. The van der Waals surface area contributed by atoms with Crippen LogP contribution in [-0.4, -0.2) is 68.1 Å². The Hall–Kier alpha value is -1.33. The molecule has 2 rings (SSSR count). The van der Waals surface area contributed by atoms with Crippen LogP contribution in [0.1, 0.15) is 13.8 Å². The number of morpholine rings is 2. The summed E-state index contributed by atoms with van der Waals surface area (Å²) >= 11 is 0. The van der Waals surface area contributed by atoms with Crippen LogP contribution in [0.25, 0.3) is 0 Å². The molecular weight excluding hydrogens is 254 g/mol. The number of hydrogen-bond acceptors (Lipinski definition) is 5. The van der Waals surface area contributed by atoms with Crippen LogP contribution in [0.2, 0.25) is 0 Å². The highest BCUT2D eigenvalue weighted by molar-refractivity contribution is 5.93. The molecule has 2 heterocycles. The maximum absolute atomic E-state index is 5.37. The number of nitrogens with zero attached hydrogens (tertiary/aromatic N) is 3. The number of hydrogen-bond donors (Lipinski definition) is 0. The minimum Gasteiger partial charge on any atom is -0.378 e. The van der Waals surface area contributed by atoms with Gasteiger partial charge in [0.1, 0.15) is 5.82 Å². The molecule has 0 saturated carbocycles. The Bertz CT molecular complexity index is 392. The molecular formula is C15H25N3O2. The zero-order valence-corrected chi connectivity index (χ0v) is 12.6. The third-order valence-electron chi connectivity index (χ3n) is 3.61. The van der Waals surface area contributed by atoms with Gasteiger partial charge in [-0.2, -0.15) is 0 Å². The van der Waals surface area contributed by atoms with Crippen molar-refractivity contribution < 1.29 is 9.47 Å². The van der Waals surface area contributed by atoms with Crippen LogP contribution in [0.3, 0.4) is 0 Å². The van der Waals surface area contributed by atoms with Crippen LogP contribution < -0.4 is 0 Å². The van der Waals surface area contributed by atoms with Crippen molar-refractivity contribution in [2.24, 2.45) is 4.99 Å². The molecule has 0 N–H and O–H groups in total. The molecule has 0 aromatic rings.